The Hall–Kier alpha value is -1.87. The quantitative estimate of drug-likeness (QED) is 0.617. The summed E-state index contributed by atoms with van der Waals surface area (Å²) in [6.45, 7) is -3.04. The third-order valence-corrected chi connectivity index (χ3v) is 2.61. The fourth-order valence-corrected chi connectivity index (χ4v) is 1.81. The van der Waals surface area contributed by atoms with Crippen molar-refractivity contribution in [3.05, 3.63) is 28.8 Å². The summed E-state index contributed by atoms with van der Waals surface area (Å²) in [7, 11) is 1.20. The molecule has 0 aliphatic rings. The van der Waals surface area contributed by atoms with Gasteiger partial charge in [-0.3, -0.25) is 4.79 Å². The summed E-state index contributed by atoms with van der Waals surface area (Å²) in [6.07, 6.45) is -0.173. The van der Waals surface area contributed by atoms with Crippen LogP contribution in [0.4, 0.5) is 8.78 Å². The second-order valence-electron chi connectivity index (χ2n) is 3.49. The van der Waals surface area contributed by atoms with Gasteiger partial charge in [-0.25, -0.2) is 0 Å². The van der Waals surface area contributed by atoms with Crippen molar-refractivity contribution in [1.29, 1.82) is 5.26 Å². The van der Waals surface area contributed by atoms with E-state index in [4.69, 9.17) is 16.9 Å². The lowest BCUT2D eigenvalue weighted by atomic mass is 10.0. The summed E-state index contributed by atoms with van der Waals surface area (Å²) in [5.41, 5.74) is 0.673. The third-order valence-electron chi connectivity index (χ3n) is 2.34. The summed E-state index contributed by atoms with van der Waals surface area (Å²) >= 11 is 5.68. The van der Waals surface area contributed by atoms with Crippen molar-refractivity contribution in [3.63, 3.8) is 0 Å². The SMILES string of the molecule is COC(=O)Cc1cc(C#N)cc(OC(F)F)c1CCl. The molecule has 0 radical (unpaired) electrons. The van der Waals surface area contributed by atoms with E-state index in [1.807, 2.05) is 0 Å². The Labute approximate surface area is 113 Å². The molecule has 0 unspecified atom stereocenters. The van der Waals surface area contributed by atoms with E-state index in [9.17, 15) is 13.6 Å². The third kappa shape index (κ3) is 4.07. The maximum Gasteiger partial charge on any atom is 0.387 e. The van der Waals surface area contributed by atoms with Crippen molar-refractivity contribution in [2.45, 2.75) is 18.9 Å². The van der Waals surface area contributed by atoms with Crippen LogP contribution in [0.5, 0.6) is 5.75 Å². The second kappa shape index (κ2) is 6.90. The number of carbonyl (C=O) groups is 1. The molecule has 0 aromatic heterocycles. The molecule has 0 saturated heterocycles. The molecule has 1 rings (SSSR count). The van der Waals surface area contributed by atoms with E-state index in [-0.39, 0.29) is 29.2 Å². The van der Waals surface area contributed by atoms with Crippen LogP contribution in [0.25, 0.3) is 0 Å². The Morgan fingerprint density at radius 1 is 1.53 bits per heavy atom. The molecule has 7 heteroatoms. The predicted molar refractivity (Wildman–Crippen MR) is 63.1 cm³/mol. The number of carbonyl (C=O) groups excluding carboxylic acids is 1. The highest BCUT2D eigenvalue weighted by Crippen LogP contribution is 2.28. The Morgan fingerprint density at radius 3 is 2.68 bits per heavy atom. The topological polar surface area (TPSA) is 59.3 Å². The van der Waals surface area contributed by atoms with Gasteiger partial charge in [-0.2, -0.15) is 14.0 Å². The van der Waals surface area contributed by atoms with Gasteiger partial charge < -0.3 is 9.47 Å². The highest BCUT2D eigenvalue weighted by Gasteiger charge is 2.17. The summed E-state index contributed by atoms with van der Waals surface area (Å²) in [5, 5.41) is 8.83. The number of methoxy groups -OCH3 is 1. The fourth-order valence-electron chi connectivity index (χ4n) is 1.51. The molecule has 0 N–H and O–H groups in total. The molecule has 0 heterocycles. The van der Waals surface area contributed by atoms with Gasteiger partial charge in [0.05, 0.1) is 31.0 Å². The van der Waals surface area contributed by atoms with E-state index in [2.05, 4.69) is 9.47 Å². The first-order valence-corrected chi connectivity index (χ1v) is 5.68. The van der Waals surface area contributed by atoms with E-state index in [0.29, 0.717) is 5.56 Å². The summed E-state index contributed by atoms with van der Waals surface area (Å²) < 4.78 is 33.4. The minimum Gasteiger partial charge on any atom is -0.469 e. The van der Waals surface area contributed by atoms with Crippen molar-refractivity contribution >= 4 is 17.6 Å². The zero-order valence-electron chi connectivity index (χ0n) is 9.95. The number of ether oxygens (including phenoxy) is 2. The number of halogens is 3. The van der Waals surface area contributed by atoms with Crippen LogP contribution in [0.3, 0.4) is 0 Å². The van der Waals surface area contributed by atoms with Crippen molar-refractivity contribution in [2.75, 3.05) is 7.11 Å². The molecule has 0 saturated carbocycles. The molecule has 0 spiro atoms. The summed E-state index contributed by atoms with van der Waals surface area (Å²) in [6, 6.07) is 4.36. The van der Waals surface area contributed by atoms with Crippen LogP contribution in [0.2, 0.25) is 0 Å². The molecule has 1 aromatic rings. The van der Waals surface area contributed by atoms with Gasteiger partial charge in [0, 0.05) is 5.56 Å². The van der Waals surface area contributed by atoms with E-state index in [1.165, 1.54) is 13.2 Å². The minimum atomic E-state index is -3.04. The predicted octanol–water partition coefficient (Wildman–Crippen LogP) is 2.61. The number of benzene rings is 1. The smallest absolute Gasteiger partial charge is 0.387 e. The number of hydrogen-bond donors (Lipinski definition) is 0. The molecule has 0 aliphatic carbocycles. The fraction of sp³-hybridized carbons (Fsp3) is 0.333. The zero-order valence-corrected chi connectivity index (χ0v) is 10.7. The molecule has 0 atom stereocenters. The van der Waals surface area contributed by atoms with Gasteiger partial charge in [0.15, 0.2) is 0 Å². The van der Waals surface area contributed by atoms with Crippen LogP contribution in [-0.2, 0) is 21.8 Å². The van der Waals surface area contributed by atoms with Gasteiger partial charge in [0.25, 0.3) is 0 Å². The molecule has 19 heavy (non-hydrogen) atoms. The zero-order chi connectivity index (χ0) is 14.4. The van der Waals surface area contributed by atoms with Crippen molar-refractivity contribution in [1.82, 2.24) is 0 Å². The maximum atomic E-state index is 12.3. The number of hydrogen-bond acceptors (Lipinski definition) is 4. The van der Waals surface area contributed by atoms with E-state index in [0.717, 1.165) is 6.07 Å². The lowest BCUT2D eigenvalue weighted by Gasteiger charge is -2.13. The maximum absolute atomic E-state index is 12.3. The van der Waals surface area contributed by atoms with Crippen molar-refractivity contribution in [3.8, 4) is 11.8 Å². The number of nitrogens with zero attached hydrogens (tertiary/aromatic N) is 1. The molecular formula is C12H10ClF2NO3. The van der Waals surface area contributed by atoms with Gasteiger partial charge in [0.1, 0.15) is 5.75 Å². The Bertz CT molecular complexity index is 514. The van der Waals surface area contributed by atoms with E-state index in [1.54, 1.807) is 6.07 Å². The van der Waals surface area contributed by atoms with Gasteiger partial charge >= 0.3 is 12.6 Å². The van der Waals surface area contributed by atoms with Crippen LogP contribution < -0.4 is 4.74 Å². The Balaban J connectivity index is 3.26. The molecule has 4 nitrogen and oxygen atoms in total. The average Bonchev–Trinajstić information content (AvgIpc) is 2.37. The monoisotopic (exact) mass is 289 g/mol. The largest absolute Gasteiger partial charge is 0.469 e. The molecule has 0 fully saturated rings. The van der Waals surface area contributed by atoms with Gasteiger partial charge in [-0.05, 0) is 17.7 Å². The van der Waals surface area contributed by atoms with Crippen LogP contribution in [0.1, 0.15) is 16.7 Å². The molecule has 1 aromatic carbocycles. The van der Waals surface area contributed by atoms with Gasteiger partial charge in [-0.1, -0.05) is 0 Å². The van der Waals surface area contributed by atoms with Crippen molar-refractivity contribution in [2.24, 2.45) is 0 Å². The standard InChI is InChI=1S/C12H10ClF2NO3/c1-18-11(17)4-8-2-7(6-16)3-10(9(8)5-13)19-12(14)15/h2-3,12H,4-5H2,1H3. The normalized spacial score (nSPS) is 10.1. The van der Waals surface area contributed by atoms with Crippen molar-refractivity contribution < 1.29 is 23.0 Å². The lowest BCUT2D eigenvalue weighted by Crippen LogP contribution is -2.10. The lowest BCUT2D eigenvalue weighted by molar-refractivity contribution is -0.139. The average molecular weight is 290 g/mol. The number of rotatable bonds is 5. The van der Waals surface area contributed by atoms with Crippen LogP contribution in [-0.4, -0.2) is 19.7 Å². The summed E-state index contributed by atoms with van der Waals surface area (Å²) in [4.78, 5) is 11.2. The summed E-state index contributed by atoms with van der Waals surface area (Å²) in [5.74, 6) is -0.896. The number of alkyl halides is 3. The van der Waals surface area contributed by atoms with Gasteiger partial charge in [0.2, 0.25) is 0 Å². The number of esters is 1. The molecule has 0 aliphatic heterocycles. The first-order chi connectivity index (χ1) is 9.01. The molecular weight excluding hydrogens is 280 g/mol. The van der Waals surface area contributed by atoms with E-state index >= 15 is 0 Å². The first-order valence-electron chi connectivity index (χ1n) is 5.15. The van der Waals surface area contributed by atoms with Crippen LogP contribution >= 0.6 is 11.6 Å². The second-order valence-corrected chi connectivity index (χ2v) is 3.76. The highest BCUT2D eigenvalue weighted by atomic mass is 35.5. The molecule has 0 amide bonds. The molecule has 102 valence electrons. The Morgan fingerprint density at radius 2 is 2.21 bits per heavy atom. The highest BCUT2D eigenvalue weighted by molar-refractivity contribution is 6.17. The van der Waals surface area contributed by atoms with Gasteiger partial charge in [-0.15, -0.1) is 11.6 Å². The first kappa shape index (κ1) is 15.2. The molecule has 0 bridgehead atoms. The minimum absolute atomic E-state index is 0.100. The van der Waals surface area contributed by atoms with Crippen LogP contribution in [0, 0.1) is 11.3 Å². The Kier molecular flexibility index (Phi) is 5.52. The van der Waals surface area contributed by atoms with E-state index < -0.39 is 12.6 Å². The van der Waals surface area contributed by atoms with Crippen LogP contribution in [0.15, 0.2) is 12.1 Å². The number of nitriles is 1.